The minimum Gasteiger partial charge on any atom is -0.492 e. The molecule has 1 heterocycles. The lowest BCUT2D eigenvalue weighted by molar-refractivity contribution is 0.251. The minimum atomic E-state index is -0.108. The molecule has 0 unspecified atom stereocenters. The molecule has 2 rings (SSSR count). The number of para-hydroxylation sites is 1. The van der Waals surface area contributed by atoms with Crippen molar-refractivity contribution in [3.63, 3.8) is 0 Å². The Kier molecular flexibility index (Phi) is 3.92. The molecule has 18 heavy (non-hydrogen) atoms. The second kappa shape index (κ2) is 5.62. The fraction of sp³-hybridized carbons (Fsp3) is 0.462. The first-order chi connectivity index (χ1) is 8.77. The van der Waals surface area contributed by atoms with Gasteiger partial charge >= 0.3 is 6.03 Å². The maximum absolute atomic E-state index is 11.8. The van der Waals surface area contributed by atoms with Crippen molar-refractivity contribution in [2.24, 2.45) is 0 Å². The highest BCUT2D eigenvalue weighted by Crippen LogP contribution is 2.38. The average Bonchev–Trinajstić information content (AvgIpc) is 2.77. The number of anilines is 1. The summed E-state index contributed by atoms with van der Waals surface area (Å²) in [5.74, 6) is 1.36. The number of rotatable bonds is 5. The summed E-state index contributed by atoms with van der Waals surface area (Å²) in [6.45, 7) is 6.21. The fourth-order valence-corrected chi connectivity index (χ4v) is 2.00. The summed E-state index contributed by atoms with van der Waals surface area (Å²) >= 11 is 0. The third-order valence-corrected chi connectivity index (χ3v) is 2.69. The van der Waals surface area contributed by atoms with Gasteiger partial charge in [-0.15, -0.1) is 0 Å². The molecular formula is C13H18N2O3. The van der Waals surface area contributed by atoms with Crippen molar-refractivity contribution in [3.8, 4) is 11.5 Å². The van der Waals surface area contributed by atoms with E-state index in [1.807, 2.05) is 32.0 Å². The van der Waals surface area contributed by atoms with Crippen molar-refractivity contribution in [3.05, 3.63) is 18.2 Å². The molecule has 1 fully saturated rings. The van der Waals surface area contributed by atoms with E-state index < -0.39 is 0 Å². The number of ether oxygens (including phenoxy) is 2. The van der Waals surface area contributed by atoms with Crippen molar-refractivity contribution < 1.29 is 14.3 Å². The van der Waals surface area contributed by atoms with Crippen LogP contribution in [-0.2, 0) is 0 Å². The second-order valence-electron chi connectivity index (χ2n) is 3.85. The topological polar surface area (TPSA) is 50.8 Å². The third kappa shape index (κ3) is 2.34. The Hall–Kier alpha value is -1.91. The second-order valence-corrected chi connectivity index (χ2v) is 3.85. The normalized spacial score (nSPS) is 14.6. The molecule has 1 aliphatic rings. The number of nitrogens with zero attached hydrogens (tertiary/aromatic N) is 1. The molecule has 0 bridgehead atoms. The summed E-state index contributed by atoms with van der Waals surface area (Å²) in [5, 5.41) is 2.78. The van der Waals surface area contributed by atoms with Crippen molar-refractivity contribution in [1.29, 1.82) is 0 Å². The zero-order valence-electron chi connectivity index (χ0n) is 10.7. The molecule has 0 saturated carbocycles. The van der Waals surface area contributed by atoms with Crippen LogP contribution in [0.2, 0.25) is 0 Å². The quantitative estimate of drug-likeness (QED) is 0.869. The molecule has 5 nitrogen and oxygen atoms in total. The van der Waals surface area contributed by atoms with Crippen LogP contribution in [0.4, 0.5) is 10.5 Å². The average molecular weight is 250 g/mol. The molecule has 0 aromatic heterocycles. The van der Waals surface area contributed by atoms with Crippen LogP contribution in [0.15, 0.2) is 18.2 Å². The maximum atomic E-state index is 11.8. The minimum absolute atomic E-state index is 0.108. The summed E-state index contributed by atoms with van der Waals surface area (Å²) in [6.07, 6.45) is 0. The largest absolute Gasteiger partial charge is 0.492 e. The Morgan fingerprint density at radius 2 is 1.83 bits per heavy atom. The van der Waals surface area contributed by atoms with Gasteiger partial charge in [0.25, 0.3) is 0 Å². The van der Waals surface area contributed by atoms with Crippen LogP contribution in [0.5, 0.6) is 11.5 Å². The Morgan fingerprint density at radius 3 is 2.28 bits per heavy atom. The molecule has 1 aromatic carbocycles. The first-order valence-corrected chi connectivity index (χ1v) is 6.21. The highest BCUT2D eigenvalue weighted by molar-refractivity contribution is 5.97. The Bertz CT molecular complexity index is 410. The Morgan fingerprint density at radius 1 is 1.22 bits per heavy atom. The first-order valence-electron chi connectivity index (χ1n) is 6.21. The number of nitrogens with one attached hydrogen (secondary N) is 1. The molecule has 98 valence electrons. The molecule has 0 atom stereocenters. The molecular weight excluding hydrogens is 232 g/mol. The summed E-state index contributed by atoms with van der Waals surface area (Å²) in [6, 6.07) is 5.47. The summed E-state index contributed by atoms with van der Waals surface area (Å²) in [7, 11) is 0. The molecule has 1 saturated heterocycles. The van der Waals surface area contributed by atoms with Crippen molar-refractivity contribution in [1.82, 2.24) is 5.32 Å². The third-order valence-electron chi connectivity index (χ3n) is 2.69. The van der Waals surface area contributed by atoms with E-state index in [1.54, 1.807) is 4.90 Å². The number of urea groups is 1. The van der Waals surface area contributed by atoms with Crippen molar-refractivity contribution in [2.45, 2.75) is 13.8 Å². The first kappa shape index (κ1) is 12.5. The predicted octanol–water partition coefficient (Wildman–Crippen LogP) is 2.01. The summed E-state index contributed by atoms with van der Waals surface area (Å²) in [4.78, 5) is 13.5. The van der Waals surface area contributed by atoms with Gasteiger partial charge < -0.3 is 14.8 Å². The fourth-order valence-electron chi connectivity index (χ4n) is 2.00. The van der Waals surface area contributed by atoms with Crippen LogP contribution in [0.3, 0.4) is 0 Å². The Labute approximate surface area is 107 Å². The lowest BCUT2D eigenvalue weighted by Gasteiger charge is -2.21. The molecule has 1 aliphatic heterocycles. The SMILES string of the molecule is CCOc1cccc(OCC)c1N1CCNC1=O. The van der Waals surface area contributed by atoms with Crippen molar-refractivity contribution in [2.75, 3.05) is 31.2 Å². The number of hydrogen-bond donors (Lipinski definition) is 1. The lowest BCUT2D eigenvalue weighted by atomic mass is 10.2. The van der Waals surface area contributed by atoms with Crippen LogP contribution < -0.4 is 19.7 Å². The zero-order valence-corrected chi connectivity index (χ0v) is 10.7. The van der Waals surface area contributed by atoms with Gasteiger partial charge in [0.1, 0.15) is 17.2 Å². The molecule has 1 N–H and O–H groups in total. The predicted molar refractivity (Wildman–Crippen MR) is 69.5 cm³/mol. The molecule has 0 spiro atoms. The molecule has 1 aromatic rings. The molecule has 5 heteroatoms. The molecule has 2 amide bonds. The highest BCUT2D eigenvalue weighted by Gasteiger charge is 2.27. The van der Waals surface area contributed by atoms with Gasteiger partial charge in [-0.2, -0.15) is 0 Å². The molecule has 0 radical (unpaired) electrons. The lowest BCUT2D eigenvalue weighted by Crippen LogP contribution is -2.28. The van der Waals surface area contributed by atoms with Crippen LogP contribution in [0, 0.1) is 0 Å². The van der Waals surface area contributed by atoms with Gasteiger partial charge in [0, 0.05) is 13.1 Å². The van der Waals surface area contributed by atoms with Gasteiger partial charge in [0.05, 0.1) is 13.2 Å². The van der Waals surface area contributed by atoms with Crippen LogP contribution >= 0.6 is 0 Å². The number of carbonyl (C=O) groups excluding carboxylic acids is 1. The van der Waals surface area contributed by atoms with Gasteiger partial charge in [-0.3, -0.25) is 4.90 Å². The van der Waals surface area contributed by atoms with E-state index in [2.05, 4.69) is 5.32 Å². The maximum Gasteiger partial charge on any atom is 0.322 e. The summed E-state index contributed by atoms with van der Waals surface area (Å²) in [5.41, 5.74) is 0.719. The zero-order chi connectivity index (χ0) is 13.0. The van der Waals surface area contributed by atoms with Crippen LogP contribution in [0.1, 0.15) is 13.8 Å². The monoisotopic (exact) mass is 250 g/mol. The number of amides is 2. The van der Waals surface area contributed by atoms with E-state index in [0.717, 1.165) is 5.69 Å². The smallest absolute Gasteiger partial charge is 0.322 e. The highest BCUT2D eigenvalue weighted by atomic mass is 16.5. The van der Waals surface area contributed by atoms with Gasteiger partial charge in [-0.25, -0.2) is 4.79 Å². The van der Waals surface area contributed by atoms with Gasteiger partial charge in [0.15, 0.2) is 0 Å². The van der Waals surface area contributed by atoms with Crippen LogP contribution in [0.25, 0.3) is 0 Å². The molecule has 0 aliphatic carbocycles. The van der Waals surface area contributed by atoms with E-state index >= 15 is 0 Å². The van der Waals surface area contributed by atoms with Gasteiger partial charge in [-0.05, 0) is 26.0 Å². The van der Waals surface area contributed by atoms with E-state index in [1.165, 1.54) is 0 Å². The Balaban J connectivity index is 2.41. The number of benzene rings is 1. The van der Waals surface area contributed by atoms with Gasteiger partial charge in [-0.1, -0.05) is 6.07 Å². The van der Waals surface area contributed by atoms with E-state index in [4.69, 9.17) is 9.47 Å². The summed E-state index contributed by atoms with van der Waals surface area (Å²) < 4.78 is 11.2. The van der Waals surface area contributed by atoms with Crippen LogP contribution in [-0.4, -0.2) is 32.3 Å². The number of hydrogen-bond acceptors (Lipinski definition) is 3. The van der Waals surface area contributed by atoms with Crippen molar-refractivity contribution >= 4 is 11.7 Å². The number of carbonyl (C=O) groups is 1. The van der Waals surface area contributed by atoms with E-state index in [9.17, 15) is 4.79 Å². The van der Waals surface area contributed by atoms with E-state index in [-0.39, 0.29) is 6.03 Å². The standard InChI is InChI=1S/C13H18N2O3/c1-3-17-10-6-5-7-11(18-4-2)12(10)15-9-8-14-13(15)16/h5-7H,3-4,8-9H2,1-2H3,(H,14,16). The van der Waals surface area contributed by atoms with Gasteiger partial charge in [0.2, 0.25) is 0 Å². The van der Waals surface area contributed by atoms with E-state index in [0.29, 0.717) is 37.8 Å².